The number of rotatable bonds is 5. The number of aliphatic hydroxyl groups excluding tert-OH is 2. The van der Waals surface area contributed by atoms with Gasteiger partial charge in [-0.15, -0.1) is 0 Å². The molecule has 0 saturated heterocycles. The number of fused-ring (bicyclic) bond motifs is 5. The quantitative estimate of drug-likeness (QED) is 0.561. The van der Waals surface area contributed by atoms with E-state index in [0.717, 1.165) is 31.3 Å². The van der Waals surface area contributed by atoms with Crippen molar-refractivity contribution in [3.63, 3.8) is 0 Å². The van der Waals surface area contributed by atoms with E-state index in [0.29, 0.717) is 36.5 Å². The highest BCUT2D eigenvalue weighted by Crippen LogP contribution is 2.68. The van der Waals surface area contributed by atoms with Crippen LogP contribution in [0.2, 0.25) is 0 Å². The number of carbonyl (C=O) groups is 1. The molecule has 0 aromatic heterocycles. The van der Waals surface area contributed by atoms with Crippen LogP contribution < -0.4 is 0 Å². The maximum absolute atomic E-state index is 13.3. The average Bonchev–Trinajstić information content (AvgIpc) is 3.00. The topological polar surface area (TPSA) is 77.8 Å². The Labute approximate surface area is 194 Å². The van der Waals surface area contributed by atoms with Crippen molar-refractivity contribution in [2.75, 3.05) is 0 Å². The molecule has 4 nitrogen and oxygen atoms in total. The van der Waals surface area contributed by atoms with E-state index in [1.165, 1.54) is 12.8 Å². The molecule has 0 radical (unpaired) electrons. The number of ketones is 1. The zero-order valence-electron chi connectivity index (χ0n) is 21.1. The fourth-order valence-corrected chi connectivity index (χ4v) is 8.38. The molecule has 0 heterocycles. The van der Waals surface area contributed by atoms with Crippen molar-refractivity contribution in [3.8, 4) is 0 Å². The lowest BCUT2D eigenvalue weighted by Crippen LogP contribution is -2.60. The molecule has 0 aliphatic heterocycles. The van der Waals surface area contributed by atoms with Gasteiger partial charge < -0.3 is 15.3 Å². The van der Waals surface area contributed by atoms with Crippen molar-refractivity contribution in [1.82, 2.24) is 0 Å². The molecule has 0 aromatic rings. The monoisotopic (exact) mass is 446 g/mol. The molecule has 3 N–H and O–H groups in total. The van der Waals surface area contributed by atoms with Crippen LogP contribution in [0.3, 0.4) is 0 Å². The van der Waals surface area contributed by atoms with Crippen LogP contribution >= 0.6 is 0 Å². The highest BCUT2D eigenvalue weighted by molar-refractivity contribution is 5.95. The van der Waals surface area contributed by atoms with Crippen LogP contribution in [0.1, 0.15) is 92.9 Å². The molecule has 4 heteroatoms. The number of aliphatic hydroxyl groups is 3. The molecule has 4 rings (SSSR count). The normalized spacial score (nSPS) is 48.0. The summed E-state index contributed by atoms with van der Waals surface area (Å²) in [5.74, 6) is 2.34. The fourth-order valence-electron chi connectivity index (χ4n) is 8.38. The van der Waals surface area contributed by atoms with Crippen molar-refractivity contribution >= 4 is 5.78 Å². The SMILES string of the molecule is CC(C)C(C)CCC(C)C1CCC2(O)C3=CC(=O)C4CC(O)C(O)CC4(C)C3CCC12C. The molecule has 10 unspecified atom stereocenters. The Bertz CT molecular complexity index is 773. The van der Waals surface area contributed by atoms with Gasteiger partial charge >= 0.3 is 0 Å². The molecule has 0 bridgehead atoms. The molecule has 0 aromatic carbocycles. The summed E-state index contributed by atoms with van der Waals surface area (Å²) < 4.78 is 0. The van der Waals surface area contributed by atoms with E-state index in [2.05, 4.69) is 41.5 Å². The Balaban J connectivity index is 1.61. The molecule has 0 amide bonds. The molecule has 4 aliphatic rings. The molecular formula is C28H46O4. The Morgan fingerprint density at radius 1 is 1.00 bits per heavy atom. The van der Waals surface area contributed by atoms with Crippen LogP contribution in [0.25, 0.3) is 0 Å². The Morgan fingerprint density at radius 3 is 2.34 bits per heavy atom. The summed E-state index contributed by atoms with van der Waals surface area (Å²) in [6, 6.07) is 0. The van der Waals surface area contributed by atoms with Gasteiger partial charge in [-0.3, -0.25) is 4.79 Å². The van der Waals surface area contributed by atoms with Crippen LogP contribution in [0.15, 0.2) is 11.6 Å². The van der Waals surface area contributed by atoms with Gasteiger partial charge in [0.25, 0.3) is 0 Å². The second kappa shape index (κ2) is 8.20. The third-order valence-corrected chi connectivity index (χ3v) is 11.1. The number of carbonyl (C=O) groups excluding carboxylic acids is 1. The lowest BCUT2D eigenvalue weighted by atomic mass is 9.46. The first-order valence-corrected chi connectivity index (χ1v) is 13.2. The highest BCUT2D eigenvalue weighted by Gasteiger charge is 2.66. The number of allylic oxidation sites excluding steroid dienone is 1. The molecule has 10 atom stereocenters. The molecule has 0 spiro atoms. The van der Waals surface area contributed by atoms with E-state index in [1.54, 1.807) is 6.08 Å². The van der Waals surface area contributed by atoms with E-state index < -0.39 is 17.8 Å². The first kappa shape index (κ1) is 24.4. The van der Waals surface area contributed by atoms with E-state index in [-0.39, 0.29) is 28.4 Å². The van der Waals surface area contributed by atoms with Gasteiger partial charge in [0.1, 0.15) is 0 Å². The van der Waals surface area contributed by atoms with Crippen LogP contribution in [-0.4, -0.2) is 38.9 Å². The molecule has 3 saturated carbocycles. The minimum absolute atomic E-state index is 0.0460. The minimum Gasteiger partial charge on any atom is -0.390 e. The first-order chi connectivity index (χ1) is 14.8. The first-order valence-electron chi connectivity index (χ1n) is 13.2. The summed E-state index contributed by atoms with van der Waals surface area (Å²) >= 11 is 0. The predicted molar refractivity (Wildman–Crippen MR) is 127 cm³/mol. The minimum atomic E-state index is -0.927. The maximum atomic E-state index is 13.3. The Morgan fingerprint density at radius 2 is 1.69 bits per heavy atom. The molecular weight excluding hydrogens is 400 g/mol. The second-order valence-electron chi connectivity index (χ2n) is 12.9. The van der Waals surface area contributed by atoms with Crippen LogP contribution in [0.4, 0.5) is 0 Å². The van der Waals surface area contributed by atoms with Crippen molar-refractivity contribution in [2.24, 2.45) is 46.3 Å². The highest BCUT2D eigenvalue weighted by atomic mass is 16.3. The Kier molecular flexibility index (Phi) is 6.26. The van der Waals surface area contributed by atoms with Gasteiger partial charge in [-0.2, -0.15) is 0 Å². The zero-order chi connectivity index (χ0) is 23.6. The van der Waals surface area contributed by atoms with Gasteiger partial charge in [0.05, 0.1) is 17.8 Å². The summed E-state index contributed by atoms with van der Waals surface area (Å²) in [7, 11) is 0. The van der Waals surface area contributed by atoms with Crippen molar-refractivity contribution < 1.29 is 20.1 Å². The van der Waals surface area contributed by atoms with Gasteiger partial charge in [0, 0.05) is 11.3 Å². The van der Waals surface area contributed by atoms with Gasteiger partial charge in [-0.05, 0) is 85.2 Å². The van der Waals surface area contributed by atoms with Gasteiger partial charge in [0.2, 0.25) is 0 Å². The summed E-state index contributed by atoms with van der Waals surface area (Å²) in [5, 5.41) is 33.0. The summed E-state index contributed by atoms with van der Waals surface area (Å²) in [5.41, 5.74) is -0.563. The maximum Gasteiger partial charge on any atom is 0.159 e. The number of hydrogen-bond acceptors (Lipinski definition) is 4. The molecule has 182 valence electrons. The van der Waals surface area contributed by atoms with Crippen LogP contribution in [0.5, 0.6) is 0 Å². The standard InChI is InChI=1S/C28H46O4/c1-16(2)17(3)7-8-18(4)19-10-12-28(32)21-13-23(29)22-14-24(30)25(31)15-26(22,5)20(21)9-11-27(19,28)6/h13,16-20,22,24-25,30-32H,7-12,14-15H2,1-6H3. The summed E-state index contributed by atoms with van der Waals surface area (Å²) in [4.78, 5) is 13.3. The van der Waals surface area contributed by atoms with E-state index in [4.69, 9.17) is 0 Å². The van der Waals surface area contributed by atoms with Crippen molar-refractivity contribution in [2.45, 2.75) is 111 Å². The van der Waals surface area contributed by atoms with Crippen molar-refractivity contribution in [1.29, 1.82) is 0 Å². The van der Waals surface area contributed by atoms with Crippen LogP contribution in [0, 0.1) is 46.3 Å². The van der Waals surface area contributed by atoms with Crippen LogP contribution in [-0.2, 0) is 4.79 Å². The molecule has 3 fully saturated rings. The van der Waals surface area contributed by atoms with E-state index >= 15 is 0 Å². The predicted octanol–water partition coefficient (Wildman–Crippen LogP) is 4.90. The lowest BCUT2D eigenvalue weighted by Gasteiger charge is -2.60. The van der Waals surface area contributed by atoms with E-state index in [1.807, 2.05) is 0 Å². The fraction of sp³-hybridized carbons (Fsp3) is 0.893. The van der Waals surface area contributed by atoms with Gasteiger partial charge in [-0.1, -0.05) is 54.4 Å². The third kappa shape index (κ3) is 3.46. The van der Waals surface area contributed by atoms with Crippen molar-refractivity contribution in [3.05, 3.63) is 11.6 Å². The Hall–Kier alpha value is -0.710. The second-order valence-corrected chi connectivity index (χ2v) is 12.9. The van der Waals surface area contributed by atoms with Gasteiger partial charge in [0.15, 0.2) is 5.78 Å². The summed E-state index contributed by atoms with van der Waals surface area (Å²) in [6.45, 7) is 13.7. The molecule has 4 aliphatic carbocycles. The average molecular weight is 447 g/mol. The zero-order valence-corrected chi connectivity index (χ0v) is 21.1. The molecule has 32 heavy (non-hydrogen) atoms. The smallest absolute Gasteiger partial charge is 0.159 e. The lowest BCUT2D eigenvalue weighted by molar-refractivity contribution is -0.153. The van der Waals surface area contributed by atoms with Gasteiger partial charge in [-0.25, -0.2) is 0 Å². The summed E-state index contributed by atoms with van der Waals surface area (Å²) in [6.07, 6.45) is 7.03. The van der Waals surface area contributed by atoms with E-state index in [9.17, 15) is 20.1 Å². The third-order valence-electron chi connectivity index (χ3n) is 11.1. The number of hydrogen-bond donors (Lipinski definition) is 3. The largest absolute Gasteiger partial charge is 0.390 e.